The van der Waals surface area contributed by atoms with E-state index in [0.717, 1.165) is 11.5 Å². The van der Waals surface area contributed by atoms with Crippen LogP contribution < -0.4 is 0 Å². The van der Waals surface area contributed by atoms with Gasteiger partial charge in [0.05, 0.1) is 11.2 Å². The molecule has 5 nitrogen and oxygen atoms in total. The van der Waals surface area contributed by atoms with Crippen LogP contribution >= 0.6 is 23.5 Å². The zero-order valence-electron chi connectivity index (χ0n) is 13.6. The fourth-order valence-electron chi connectivity index (χ4n) is 3.10. The van der Waals surface area contributed by atoms with Gasteiger partial charge in [0.15, 0.2) is 11.6 Å². The molecule has 0 aromatic rings. The summed E-state index contributed by atoms with van der Waals surface area (Å²) >= 11 is 3.62. The molecule has 0 saturated carbocycles. The molecular weight excluding hydrogens is 324 g/mol. The van der Waals surface area contributed by atoms with Gasteiger partial charge in [0.25, 0.3) is 0 Å². The quantitative estimate of drug-likeness (QED) is 0.837. The van der Waals surface area contributed by atoms with Crippen LogP contribution in [0.4, 0.5) is 0 Å². The summed E-state index contributed by atoms with van der Waals surface area (Å²) in [6.07, 6.45) is -0.289. The maximum absolute atomic E-state index is 10.8. The van der Waals surface area contributed by atoms with Crippen LogP contribution in [0.2, 0.25) is 0 Å². The molecule has 128 valence electrons. The largest absolute Gasteiger partial charge is 0.388 e. The monoisotopic (exact) mass is 350 g/mol. The number of rotatable bonds is 3. The van der Waals surface area contributed by atoms with Crippen LogP contribution in [0, 0.1) is 0 Å². The summed E-state index contributed by atoms with van der Waals surface area (Å²) in [6, 6.07) is 0. The van der Waals surface area contributed by atoms with Gasteiger partial charge in [0, 0.05) is 0 Å². The number of aliphatic hydroxyl groups is 1. The van der Waals surface area contributed by atoms with Crippen molar-refractivity contribution in [1.29, 1.82) is 0 Å². The van der Waals surface area contributed by atoms with Gasteiger partial charge in [-0.3, -0.25) is 0 Å². The molecule has 0 spiro atoms. The molecule has 0 aliphatic carbocycles. The first kappa shape index (κ1) is 17.3. The highest BCUT2D eigenvalue weighted by molar-refractivity contribution is 8.17. The highest BCUT2D eigenvalue weighted by Gasteiger charge is 2.53. The lowest BCUT2D eigenvalue weighted by Gasteiger charge is -2.32. The van der Waals surface area contributed by atoms with Crippen molar-refractivity contribution in [2.24, 2.45) is 0 Å². The lowest BCUT2D eigenvalue weighted by atomic mass is 10.0. The van der Waals surface area contributed by atoms with E-state index in [-0.39, 0.29) is 22.9 Å². The molecule has 3 rings (SSSR count). The van der Waals surface area contributed by atoms with Crippen molar-refractivity contribution in [1.82, 2.24) is 0 Å². The predicted octanol–water partition coefficient (Wildman–Crippen LogP) is 2.22. The molecule has 3 aliphatic heterocycles. The fourth-order valence-corrected chi connectivity index (χ4v) is 6.04. The number of hydrogen-bond donors (Lipinski definition) is 1. The molecule has 0 aromatic carbocycles. The third-order valence-electron chi connectivity index (χ3n) is 4.03. The third-order valence-corrected chi connectivity index (χ3v) is 7.11. The van der Waals surface area contributed by atoms with Crippen molar-refractivity contribution in [2.75, 3.05) is 18.1 Å². The van der Waals surface area contributed by atoms with E-state index in [4.69, 9.17) is 18.9 Å². The van der Waals surface area contributed by atoms with E-state index >= 15 is 0 Å². The molecule has 3 saturated heterocycles. The number of aliphatic hydroxyl groups excluding tert-OH is 1. The van der Waals surface area contributed by atoms with Crippen LogP contribution in [-0.2, 0) is 18.9 Å². The average Bonchev–Trinajstić information content (AvgIpc) is 2.98. The minimum Gasteiger partial charge on any atom is -0.388 e. The summed E-state index contributed by atoms with van der Waals surface area (Å²) in [7, 11) is 0. The SMILES string of the molecule is CC1(C)O[C@@H]([C@@H](O)C2SCCCS2)[C@@H]([C@H]2COC(C)(C)O2)O1. The van der Waals surface area contributed by atoms with Gasteiger partial charge < -0.3 is 24.1 Å². The second-order valence-corrected chi connectivity index (χ2v) is 9.68. The molecule has 0 radical (unpaired) electrons. The Kier molecular flexibility index (Phi) is 5.06. The van der Waals surface area contributed by atoms with Gasteiger partial charge in [-0.1, -0.05) is 0 Å². The van der Waals surface area contributed by atoms with Gasteiger partial charge in [-0.15, -0.1) is 23.5 Å². The Morgan fingerprint density at radius 2 is 1.68 bits per heavy atom. The van der Waals surface area contributed by atoms with Gasteiger partial charge in [0.2, 0.25) is 0 Å². The maximum atomic E-state index is 10.8. The van der Waals surface area contributed by atoms with Crippen LogP contribution in [-0.4, -0.2) is 63.8 Å². The van der Waals surface area contributed by atoms with Crippen molar-refractivity contribution in [2.45, 2.75) is 74.7 Å². The smallest absolute Gasteiger partial charge is 0.164 e. The van der Waals surface area contributed by atoms with Gasteiger partial charge in [-0.05, 0) is 45.6 Å². The topological polar surface area (TPSA) is 57.2 Å². The van der Waals surface area contributed by atoms with Crippen LogP contribution in [0.25, 0.3) is 0 Å². The van der Waals surface area contributed by atoms with Crippen LogP contribution in [0.1, 0.15) is 34.1 Å². The van der Waals surface area contributed by atoms with E-state index < -0.39 is 17.7 Å². The first-order valence-electron chi connectivity index (χ1n) is 7.86. The Morgan fingerprint density at radius 1 is 1.00 bits per heavy atom. The highest BCUT2D eigenvalue weighted by atomic mass is 32.2. The molecule has 22 heavy (non-hydrogen) atoms. The van der Waals surface area contributed by atoms with E-state index in [1.165, 1.54) is 6.42 Å². The van der Waals surface area contributed by atoms with Gasteiger partial charge >= 0.3 is 0 Å². The zero-order valence-corrected chi connectivity index (χ0v) is 15.2. The van der Waals surface area contributed by atoms with Crippen molar-refractivity contribution in [3.8, 4) is 0 Å². The molecular formula is C15H26O5S2. The molecule has 0 bridgehead atoms. The third kappa shape index (κ3) is 3.77. The molecule has 0 unspecified atom stereocenters. The lowest BCUT2D eigenvalue weighted by Crippen LogP contribution is -2.47. The van der Waals surface area contributed by atoms with Crippen LogP contribution in [0.5, 0.6) is 0 Å². The van der Waals surface area contributed by atoms with Crippen LogP contribution in [0.3, 0.4) is 0 Å². The normalized spacial score (nSPS) is 40.0. The summed E-state index contributed by atoms with van der Waals surface area (Å²) in [5.41, 5.74) is 0. The Morgan fingerprint density at radius 3 is 2.27 bits per heavy atom. The summed E-state index contributed by atoms with van der Waals surface area (Å²) in [5.74, 6) is 0.861. The van der Waals surface area contributed by atoms with Gasteiger partial charge in [-0.25, -0.2) is 0 Å². The second kappa shape index (κ2) is 6.43. The van der Waals surface area contributed by atoms with Gasteiger partial charge in [0.1, 0.15) is 24.4 Å². The van der Waals surface area contributed by atoms with E-state index in [9.17, 15) is 5.11 Å². The summed E-state index contributed by atoms with van der Waals surface area (Å²) in [5, 5.41) is 10.8. The van der Waals surface area contributed by atoms with Crippen molar-refractivity contribution < 1.29 is 24.1 Å². The van der Waals surface area contributed by atoms with Crippen molar-refractivity contribution >= 4 is 23.5 Å². The van der Waals surface area contributed by atoms with Crippen molar-refractivity contribution in [3.63, 3.8) is 0 Å². The van der Waals surface area contributed by atoms with E-state index in [0.29, 0.717) is 6.61 Å². The highest BCUT2D eigenvalue weighted by Crippen LogP contribution is 2.41. The molecule has 3 aliphatic rings. The lowest BCUT2D eigenvalue weighted by molar-refractivity contribution is -0.175. The molecule has 1 N–H and O–H groups in total. The zero-order chi connectivity index (χ0) is 16.0. The summed E-state index contributed by atoms with van der Waals surface area (Å²) in [6.45, 7) is 8.02. The Balaban J connectivity index is 1.72. The number of hydrogen-bond acceptors (Lipinski definition) is 7. The van der Waals surface area contributed by atoms with Gasteiger partial charge in [-0.2, -0.15) is 0 Å². The second-order valence-electron chi connectivity index (χ2n) is 6.89. The molecule has 3 heterocycles. The minimum absolute atomic E-state index is 0.133. The van der Waals surface area contributed by atoms with E-state index in [1.54, 1.807) is 0 Å². The predicted molar refractivity (Wildman–Crippen MR) is 88.1 cm³/mol. The van der Waals surface area contributed by atoms with E-state index in [2.05, 4.69) is 0 Å². The Labute approximate surface area is 140 Å². The first-order valence-corrected chi connectivity index (χ1v) is 9.96. The molecule has 0 aromatic heterocycles. The minimum atomic E-state index is -0.712. The van der Waals surface area contributed by atoms with Crippen LogP contribution in [0.15, 0.2) is 0 Å². The van der Waals surface area contributed by atoms with E-state index in [1.807, 2.05) is 51.2 Å². The summed E-state index contributed by atoms with van der Waals surface area (Å²) in [4.78, 5) is 0. The maximum Gasteiger partial charge on any atom is 0.164 e. The molecule has 3 fully saturated rings. The standard InChI is InChI=1S/C15H26O5S2/c1-14(2)17-8-9(18-14)11-12(20-15(3,4)19-11)10(16)13-21-6-5-7-22-13/h9-13,16H,5-8H2,1-4H3/t9-,10-,11-,12+/m1/s1. The molecule has 7 heteroatoms. The van der Waals surface area contributed by atoms with Crippen molar-refractivity contribution in [3.05, 3.63) is 0 Å². The average molecular weight is 351 g/mol. The Hall–Kier alpha value is 0.500. The number of thioether (sulfide) groups is 2. The summed E-state index contributed by atoms with van der Waals surface area (Å²) < 4.78 is 23.8. The molecule has 0 amide bonds. The fraction of sp³-hybridized carbons (Fsp3) is 1.00. The first-order chi connectivity index (χ1) is 10.3. The molecule has 4 atom stereocenters. The Bertz CT molecular complexity index is 397. The number of ether oxygens (including phenoxy) is 4.